The molecule has 2 atom stereocenters. The van der Waals surface area contributed by atoms with Crippen LogP contribution in [0.3, 0.4) is 0 Å². The highest BCUT2D eigenvalue weighted by molar-refractivity contribution is 7.81. The summed E-state index contributed by atoms with van der Waals surface area (Å²) >= 11 is -8.65. The van der Waals surface area contributed by atoms with E-state index in [0.29, 0.717) is 6.92 Å². The van der Waals surface area contributed by atoms with Crippen molar-refractivity contribution in [3.8, 4) is 0 Å². The lowest BCUT2D eigenvalue weighted by Crippen LogP contribution is -2.61. The van der Waals surface area contributed by atoms with Gasteiger partial charge in [0.1, 0.15) is 0 Å². The van der Waals surface area contributed by atoms with Crippen molar-refractivity contribution in [3.05, 3.63) is 12.2 Å². The van der Waals surface area contributed by atoms with Gasteiger partial charge >= 0.3 is 10.5 Å². The van der Waals surface area contributed by atoms with Crippen LogP contribution in [-0.2, 0) is 22.2 Å². The lowest BCUT2D eigenvalue weighted by Gasteiger charge is -2.35. The first kappa shape index (κ1) is 16.6. The highest BCUT2D eigenvalue weighted by atomic mass is 32.2. The molecule has 0 aromatic heterocycles. The molecule has 0 saturated carbocycles. The van der Waals surface area contributed by atoms with E-state index in [4.69, 9.17) is 9.11 Å². The first-order valence-electron chi connectivity index (χ1n) is 3.66. The molecule has 0 radical (unpaired) electrons. The van der Waals surface area contributed by atoms with Gasteiger partial charge in [0.25, 0.3) is 5.67 Å². The van der Waals surface area contributed by atoms with E-state index in [1.807, 2.05) is 0 Å². The minimum absolute atomic E-state index is 0.377. The Bertz CT molecular complexity index is 357. The van der Waals surface area contributed by atoms with Crippen LogP contribution in [0.1, 0.15) is 6.92 Å². The van der Waals surface area contributed by atoms with Crippen LogP contribution < -0.4 is 0 Å². The molecule has 0 aliphatic heterocycles. The molecule has 0 bridgehead atoms. The van der Waals surface area contributed by atoms with Gasteiger partial charge in [-0.15, -0.1) is 0 Å². The lowest BCUT2D eigenvalue weighted by molar-refractivity contribution is -0.151. The molecule has 0 aromatic rings. The normalized spacial score (nSPS) is 20.5. The van der Waals surface area contributed by atoms with Crippen LogP contribution in [0.25, 0.3) is 0 Å². The maximum Gasteiger partial charge on any atom is 0.389 e. The third-order valence-corrected chi connectivity index (χ3v) is 3.27. The predicted octanol–water partition coefficient (Wildman–Crippen LogP) is 1.90. The number of hydrogen-bond acceptors (Lipinski definition) is 2. The number of allylic oxidation sites excluding steroid dienone is 1. The van der Waals surface area contributed by atoms with Gasteiger partial charge in [-0.05, 0) is 12.5 Å². The summed E-state index contributed by atoms with van der Waals surface area (Å²) in [6.07, 6.45) is 0. The van der Waals surface area contributed by atoms with Crippen molar-refractivity contribution >= 4 is 22.2 Å². The Morgan fingerprint density at radius 2 is 1.24 bits per heavy atom. The molecule has 0 heterocycles. The summed E-state index contributed by atoms with van der Waals surface area (Å²) in [6.45, 7) is 2.88. The van der Waals surface area contributed by atoms with E-state index in [-0.39, 0.29) is 0 Å². The zero-order chi connectivity index (χ0) is 14.2. The van der Waals surface area contributed by atoms with Gasteiger partial charge in [-0.2, -0.15) is 17.6 Å². The van der Waals surface area contributed by atoms with Crippen molar-refractivity contribution in [2.75, 3.05) is 0 Å². The van der Waals surface area contributed by atoms with Crippen LogP contribution in [0, 0.1) is 0 Å². The maximum atomic E-state index is 13.7. The predicted molar refractivity (Wildman–Crippen MR) is 50.1 cm³/mol. The molecule has 0 saturated heterocycles. The minimum Gasteiger partial charge on any atom is -0.301 e. The van der Waals surface area contributed by atoms with Gasteiger partial charge in [0.15, 0.2) is 0 Å². The van der Waals surface area contributed by atoms with E-state index in [1.165, 1.54) is 0 Å². The quantitative estimate of drug-likeness (QED) is 0.462. The van der Waals surface area contributed by atoms with Gasteiger partial charge in [-0.3, -0.25) is 0 Å². The Morgan fingerprint density at radius 3 is 1.35 bits per heavy atom. The van der Waals surface area contributed by atoms with Crippen LogP contribution in [0.2, 0.25) is 0 Å². The molecule has 0 aliphatic rings. The Labute approximate surface area is 97.5 Å². The molecule has 0 aliphatic carbocycles. The summed E-state index contributed by atoms with van der Waals surface area (Å²) in [7, 11) is 0. The molecular formula is C6H7F5O4S2. The Morgan fingerprint density at radius 1 is 1.00 bits per heavy atom. The zero-order valence-corrected chi connectivity index (χ0v) is 9.76. The summed E-state index contributed by atoms with van der Waals surface area (Å²) in [5.41, 5.74) is -6.68. The number of alkyl halides is 5. The van der Waals surface area contributed by atoms with E-state index in [2.05, 4.69) is 6.58 Å². The molecule has 0 spiro atoms. The monoisotopic (exact) mass is 302 g/mol. The molecule has 102 valence electrons. The second-order valence-electron chi connectivity index (χ2n) is 2.97. The summed E-state index contributed by atoms with van der Waals surface area (Å²) in [5, 5.41) is -11.0. The lowest BCUT2D eigenvalue weighted by atomic mass is 9.99. The third-order valence-electron chi connectivity index (χ3n) is 1.83. The van der Waals surface area contributed by atoms with E-state index in [0.717, 1.165) is 0 Å². The summed E-state index contributed by atoms with van der Waals surface area (Å²) in [5.74, 6) is 0. The molecular weight excluding hydrogens is 295 g/mol. The van der Waals surface area contributed by atoms with E-state index >= 15 is 0 Å². The van der Waals surface area contributed by atoms with Crippen molar-refractivity contribution in [1.82, 2.24) is 0 Å². The van der Waals surface area contributed by atoms with Crippen LogP contribution in [-0.4, -0.2) is 33.7 Å². The van der Waals surface area contributed by atoms with E-state index in [1.54, 1.807) is 0 Å². The van der Waals surface area contributed by atoms with Crippen molar-refractivity contribution in [1.29, 1.82) is 0 Å². The van der Waals surface area contributed by atoms with Crippen LogP contribution >= 0.6 is 0 Å². The average Bonchev–Trinajstić information content (AvgIpc) is 2.14. The van der Waals surface area contributed by atoms with Gasteiger partial charge in [0.2, 0.25) is 22.2 Å². The van der Waals surface area contributed by atoms with Gasteiger partial charge in [0, 0.05) is 0 Å². The fraction of sp³-hybridized carbons (Fsp3) is 0.667. The summed E-state index contributed by atoms with van der Waals surface area (Å²) < 4.78 is 102. The first-order valence-corrected chi connectivity index (χ1v) is 5.87. The second-order valence-corrected chi connectivity index (χ2v) is 4.99. The van der Waals surface area contributed by atoms with Gasteiger partial charge < -0.3 is 9.11 Å². The van der Waals surface area contributed by atoms with E-state index in [9.17, 15) is 30.4 Å². The molecule has 0 aromatic carbocycles. The first-order chi connectivity index (χ1) is 7.33. The summed E-state index contributed by atoms with van der Waals surface area (Å²) in [6, 6.07) is 0. The zero-order valence-electron chi connectivity index (χ0n) is 8.12. The Hall–Kier alpha value is -0.390. The highest BCUT2D eigenvalue weighted by Gasteiger charge is 2.76. The average molecular weight is 302 g/mol. The topological polar surface area (TPSA) is 74.6 Å². The third kappa shape index (κ3) is 2.28. The van der Waals surface area contributed by atoms with Crippen LogP contribution in [0.5, 0.6) is 0 Å². The molecule has 4 nitrogen and oxygen atoms in total. The molecule has 17 heavy (non-hydrogen) atoms. The molecule has 2 N–H and O–H groups in total. The number of halogens is 5. The fourth-order valence-electron chi connectivity index (χ4n) is 0.907. The Balaban J connectivity index is 6.07. The molecule has 2 unspecified atom stereocenters. The van der Waals surface area contributed by atoms with Gasteiger partial charge in [-0.25, -0.2) is 12.8 Å². The van der Waals surface area contributed by atoms with Crippen LogP contribution in [0.15, 0.2) is 12.2 Å². The van der Waals surface area contributed by atoms with Crippen LogP contribution in [0.4, 0.5) is 22.0 Å². The second kappa shape index (κ2) is 4.71. The highest BCUT2D eigenvalue weighted by Crippen LogP contribution is 2.50. The maximum absolute atomic E-state index is 13.7. The fourth-order valence-corrected chi connectivity index (χ4v) is 2.06. The molecule has 0 rings (SSSR count). The standard InChI is InChI=1S/C6H7F5O4S2/c1-3(2)4(7,5(8,9)16(12)13)6(10,11)17(14)15/h1H2,2H3,(H,12,13)(H,14,15). The van der Waals surface area contributed by atoms with Crippen molar-refractivity contribution in [2.45, 2.75) is 23.1 Å². The van der Waals surface area contributed by atoms with E-state index < -0.39 is 43.9 Å². The number of rotatable bonds is 5. The van der Waals surface area contributed by atoms with Gasteiger partial charge in [-0.1, -0.05) is 6.58 Å². The SMILES string of the molecule is C=C(C)C(F)(C(F)(F)S(=O)O)C(F)(F)S(=O)O. The number of hydrogen-bond donors (Lipinski definition) is 2. The Kier molecular flexibility index (Phi) is 4.60. The van der Waals surface area contributed by atoms with Gasteiger partial charge in [0.05, 0.1) is 0 Å². The molecule has 11 heteroatoms. The van der Waals surface area contributed by atoms with Crippen molar-refractivity contribution < 1.29 is 39.5 Å². The largest absolute Gasteiger partial charge is 0.389 e. The minimum atomic E-state index is -5.50. The van der Waals surface area contributed by atoms with Crippen molar-refractivity contribution in [3.63, 3.8) is 0 Å². The summed E-state index contributed by atoms with van der Waals surface area (Å²) in [4.78, 5) is 0. The smallest absolute Gasteiger partial charge is 0.301 e. The molecule has 0 fully saturated rings. The van der Waals surface area contributed by atoms with Crippen molar-refractivity contribution in [2.24, 2.45) is 0 Å². The molecule has 0 amide bonds.